The van der Waals surface area contributed by atoms with Crippen molar-refractivity contribution >= 4 is 40.4 Å². The van der Waals surface area contributed by atoms with E-state index in [1.54, 1.807) is 60.7 Å². The molecule has 1 aliphatic rings. The van der Waals surface area contributed by atoms with Gasteiger partial charge < -0.3 is 15.4 Å². The van der Waals surface area contributed by atoms with Gasteiger partial charge in [-0.3, -0.25) is 14.4 Å². The highest BCUT2D eigenvalue weighted by molar-refractivity contribution is 6.46. The van der Waals surface area contributed by atoms with Crippen LogP contribution in [0.3, 0.4) is 0 Å². The Morgan fingerprint density at radius 2 is 1.59 bits per heavy atom. The third kappa shape index (κ3) is 4.83. The van der Waals surface area contributed by atoms with Gasteiger partial charge in [-0.25, -0.2) is 4.90 Å². The standard InChI is InChI=1S/C27H25N3O4/c1-3-16-34-23-11-7-10-22(17-23)30-26(32)24(19-8-5-4-6-9-19)25(27(30)33)29-21-14-12-20(13-15-21)28-18(2)31/h4-15,17,29H,3,16H2,1-2H3,(H,28,31). The van der Waals surface area contributed by atoms with Crippen LogP contribution in [0.25, 0.3) is 5.57 Å². The van der Waals surface area contributed by atoms with Gasteiger partial charge in [0, 0.05) is 24.4 Å². The molecule has 0 saturated heterocycles. The summed E-state index contributed by atoms with van der Waals surface area (Å²) in [6.07, 6.45) is 0.848. The maximum atomic E-state index is 13.5. The van der Waals surface area contributed by atoms with E-state index in [0.29, 0.717) is 35.0 Å². The largest absolute Gasteiger partial charge is 0.494 e. The molecule has 1 heterocycles. The van der Waals surface area contributed by atoms with E-state index in [1.807, 2.05) is 25.1 Å². The van der Waals surface area contributed by atoms with E-state index in [-0.39, 0.29) is 17.2 Å². The van der Waals surface area contributed by atoms with E-state index in [2.05, 4.69) is 10.6 Å². The number of hydrogen-bond acceptors (Lipinski definition) is 5. The average molecular weight is 456 g/mol. The monoisotopic (exact) mass is 455 g/mol. The molecule has 0 spiro atoms. The lowest BCUT2D eigenvalue weighted by Gasteiger charge is -2.16. The Morgan fingerprint density at radius 1 is 0.882 bits per heavy atom. The first-order chi connectivity index (χ1) is 16.5. The molecule has 172 valence electrons. The summed E-state index contributed by atoms with van der Waals surface area (Å²) in [7, 11) is 0. The molecule has 0 aliphatic carbocycles. The summed E-state index contributed by atoms with van der Waals surface area (Å²) in [5, 5.41) is 5.83. The van der Waals surface area contributed by atoms with Crippen molar-refractivity contribution in [1.29, 1.82) is 0 Å². The van der Waals surface area contributed by atoms with Crippen LogP contribution in [0, 0.1) is 0 Å². The average Bonchev–Trinajstić information content (AvgIpc) is 3.08. The number of nitrogens with one attached hydrogen (secondary N) is 2. The molecule has 7 heteroatoms. The quantitative estimate of drug-likeness (QED) is 0.475. The minimum absolute atomic E-state index is 0.174. The van der Waals surface area contributed by atoms with Gasteiger partial charge in [-0.1, -0.05) is 43.3 Å². The number of nitrogens with zero attached hydrogens (tertiary/aromatic N) is 1. The van der Waals surface area contributed by atoms with Crippen molar-refractivity contribution in [1.82, 2.24) is 0 Å². The van der Waals surface area contributed by atoms with E-state index >= 15 is 0 Å². The number of imide groups is 1. The third-order valence-electron chi connectivity index (χ3n) is 5.17. The van der Waals surface area contributed by atoms with E-state index in [1.165, 1.54) is 6.92 Å². The number of carbonyl (C=O) groups excluding carboxylic acids is 3. The van der Waals surface area contributed by atoms with Gasteiger partial charge in [-0.05, 0) is 48.4 Å². The van der Waals surface area contributed by atoms with Gasteiger partial charge in [-0.2, -0.15) is 0 Å². The molecule has 2 N–H and O–H groups in total. The topological polar surface area (TPSA) is 87.7 Å². The molecule has 0 saturated carbocycles. The van der Waals surface area contributed by atoms with Gasteiger partial charge in [0.25, 0.3) is 11.8 Å². The van der Waals surface area contributed by atoms with Crippen LogP contribution in [-0.2, 0) is 14.4 Å². The highest BCUT2D eigenvalue weighted by atomic mass is 16.5. The van der Waals surface area contributed by atoms with Crippen molar-refractivity contribution in [2.45, 2.75) is 20.3 Å². The summed E-state index contributed by atoms with van der Waals surface area (Å²) in [6.45, 7) is 3.98. The van der Waals surface area contributed by atoms with Crippen LogP contribution in [0.1, 0.15) is 25.8 Å². The summed E-state index contributed by atoms with van der Waals surface area (Å²) in [5.41, 5.74) is 2.80. The van der Waals surface area contributed by atoms with Crippen molar-refractivity contribution in [3.63, 3.8) is 0 Å². The fraction of sp³-hybridized carbons (Fsp3) is 0.148. The van der Waals surface area contributed by atoms with Crippen LogP contribution in [0.2, 0.25) is 0 Å². The lowest BCUT2D eigenvalue weighted by molar-refractivity contribution is -0.120. The van der Waals surface area contributed by atoms with Crippen LogP contribution in [0.5, 0.6) is 5.75 Å². The Balaban J connectivity index is 1.70. The second kappa shape index (κ2) is 10.0. The second-order valence-electron chi connectivity index (χ2n) is 7.79. The highest BCUT2D eigenvalue weighted by Gasteiger charge is 2.40. The predicted molar refractivity (Wildman–Crippen MR) is 132 cm³/mol. The number of carbonyl (C=O) groups is 3. The summed E-state index contributed by atoms with van der Waals surface area (Å²) in [6, 6.07) is 23.0. The molecular weight excluding hydrogens is 430 g/mol. The zero-order valence-corrected chi connectivity index (χ0v) is 19.0. The lowest BCUT2D eigenvalue weighted by Crippen LogP contribution is -2.32. The molecule has 7 nitrogen and oxygen atoms in total. The summed E-state index contributed by atoms with van der Waals surface area (Å²) >= 11 is 0. The van der Waals surface area contributed by atoms with E-state index in [9.17, 15) is 14.4 Å². The Kier molecular flexibility index (Phi) is 6.73. The van der Waals surface area contributed by atoms with Crippen molar-refractivity contribution in [3.8, 4) is 5.75 Å². The van der Waals surface area contributed by atoms with Crippen molar-refractivity contribution in [3.05, 3.63) is 90.1 Å². The van der Waals surface area contributed by atoms with Crippen LogP contribution in [-0.4, -0.2) is 24.3 Å². The molecule has 3 aromatic carbocycles. The summed E-state index contributed by atoms with van der Waals surface area (Å²) in [4.78, 5) is 39.5. The fourth-order valence-electron chi connectivity index (χ4n) is 3.67. The number of amides is 3. The molecular formula is C27H25N3O4. The zero-order valence-electron chi connectivity index (χ0n) is 19.0. The molecule has 1 aliphatic heterocycles. The zero-order chi connectivity index (χ0) is 24.1. The lowest BCUT2D eigenvalue weighted by atomic mass is 10.0. The van der Waals surface area contributed by atoms with E-state index in [4.69, 9.17) is 4.74 Å². The normalized spacial score (nSPS) is 13.3. The molecule has 0 atom stereocenters. The van der Waals surface area contributed by atoms with Gasteiger partial charge in [0.2, 0.25) is 5.91 Å². The van der Waals surface area contributed by atoms with Gasteiger partial charge in [0.05, 0.1) is 17.9 Å². The number of ether oxygens (including phenoxy) is 1. The first-order valence-corrected chi connectivity index (χ1v) is 11.0. The molecule has 0 bridgehead atoms. The number of anilines is 3. The predicted octanol–water partition coefficient (Wildman–Crippen LogP) is 4.83. The van der Waals surface area contributed by atoms with Gasteiger partial charge >= 0.3 is 0 Å². The van der Waals surface area contributed by atoms with Crippen molar-refractivity contribution < 1.29 is 19.1 Å². The Morgan fingerprint density at radius 3 is 2.26 bits per heavy atom. The summed E-state index contributed by atoms with van der Waals surface area (Å²) < 4.78 is 5.69. The molecule has 0 aromatic heterocycles. The van der Waals surface area contributed by atoms with Crippen LogP contribution < -0.4 is 20.3 Å². The smallest absolute Gasteiger partial charge is 0.282 e. The minimum Gasteiger partial charge on any atom is -0.494 e. The molecule has 3 amide bonds. The molecule has 3 aromatic rings. The van der Waals surface area contributed by atoms with Gasteiger partial charge in [-0.15, -0.1) is 0 Å². The molecule has 34 heavy (non-hydrogen) atoms. The number of hydrogen-bond donors (Lipinski definition) is 2. The van der Waals surface area contributed by atoms with Crippen LogP contribution >= 0.6 is 0 Å². The van der Waals surface area contributed by atoms with Crippen LogP contribution in [0.4, 0.5) is 17.1 Å². The van der Waals surface area contributed by atoms with E-state index in [0.717, 1.165) is 11.3 Å². The Bertz CT molecular complexity index is 1250. The molecule has 0 radical (unpaired) electrons. The SMILES string of the molecule is CCCOc1cccc(N2C(=O)C(Nc3ccc(NC(C)=O)cc3)=C(c3ccccc3)C2=O)c1. The van der Waals surface area contributed by atoms with Crippen molar-refractivity contribution in [2.24, 2.45) is 0 Å². The van der Waals surface area contributed by atoms with E-state index < -0.39 is 11.8 Å². The van der Waals surface area contributed by atoms with Gasteiger partial charge in [0.15, 0.2) is 0 Å². The third-order valence-corrected chi connectivity index (χ3v) is 5.17. The van der Waals surface area contributed by atoms with Crippen LogP contribution in [0.15, 0.2) is 84.6 Å². The molecule has 0 unspecified atom stereocenters. The van der Waals surface area contributed by atoms with Gasteiger partial charge in [0.1, 0.15) is 11.4 Å². The first kappa shape index (κ1) is 22.8. The fourth-order valence-corrected chi connectivity index (χ4v) is 3.67. The number of benzene rings is 3. The highest BCUT2D eigenvalue weighted by Crippen LogP contribution is 2.35. The van der Waals surface area contributed by atoms with Crippen molar-refractivity contribution in [2.75, 3.05) is 22.1 Å². The number of rotatable bonds is 8. The molecule has 0 fully saturated rings. The maximum Gasteiger partial charge on any atom is 0.282 e. The minimum atomic E-state index is -0.456. The molecule has 4 rings (SSSR count). The Hall–Kier alpha value is -4.39. The first-order valence-electron chi connectivity index (χ1n) is 11.0. The second-order valence-corrected chi connectivity index (χ2v) is 7.79. The summed E-state index contributed by atoms with van der Waals surface area (Å²) in [5.74, 6) is -0.452. The Labute approximate surface area is 198 Å². The maximum absolute atomic E-state index is 13.5.